The van der Waals surface area contributed by atoms with E-state index in [9.17, 15) is 0 Å². The standard InChI is InChI=1S/C14H15BrClN3/c1-8(2)14-18-12(16)7-13(19-14)17-10-5-4-9(3)11(15)6-10/h4-8H,1-3H3,(H,17,18,19). The summed E-state index contributed by atoms with van der Waals surface area (Å²) in [6.45, 7) is 6.13. The number of anilines is 2. The lowest BCUT2D eigenvalue weighted by atomic mass is 10.2. The van der Waals surface area contributed by atoms with Crippen molar-refractivity contribution in [3.05, 3.63) is 45.3 Å². The number of halogens is 2. The molecule has 0 radical (unpaired) electrons. The highest BCUT2D eigenvalue weighted by atomic mass is 79.9. The molecule has 0 atom stereocenters. The Hall–Kier alpha value is -1.13. The van der Waals surface area contributed by atoms with Crippen LogP contribution in [-0.2, 0) is 0 Å². The first-order chi connectivity index (χ1) is 8.95. The molecule has 1 aromatic carbocycles. The Balaban J connectivity index is 2.29. The number of hydrogen-bond donors (Lipinski definition) is 1. The number of aromatic nitrogens is 2. The second-order valence-electron chi connectivity index (χ2n) is 4.68. The molecule has 0 aliphatic heterocycles. The first-order valence-corrected chi connectivity index (χ1v) is 7.20. The van der Waals surface area contributed by atoms with E-state index in [2.05, 4.69) is 31.2 Å². The van der Waals surface area contributed by atoms with Gasteiger partial charge in [0, 0.05) is 22.1 Å². The van der Waals surface area contributed by atoms with Crippen molar-refractivity contribution in [1.82, 2.24) is 9.97 Å². The SMILES string of the molecule is Cc1ccc(Nc2cc(Cl)nc(C(C)C)n2)cc1Br. The molecule has 2 aromatic rings. The van der Waals surface area contributed by atoms with E-state index in [0.29, 0.717) is 11.0 Å². The van der Waals surface area contributed by atoms with Crippen LogP contribution in [-0.4, -0.2) is 9.97 Å². The smallest absolute Gasteiger partial charge is 0.135 e. The van der Waals surface area contributed by atoms with E-state index < -0.39 is 0 Å². The molecule has 0 spiro atoms. The Bertz CT molecular complexity index is 599. The molecule has 0 saturated carbocycles. The predicted octanol–water partition coefficient (Wildman–Crippen LogP) is 5.07. The van der Waals surface area contributed by atoms with Gasteiger partial charge in [-0.25, -0.2) is 9.97 Å². The molecule has 5 heteroatoms. The molecule has 1 aromatic heterocycles. The lowest BCUT2D eigenvalue weighted by Crippen LogP contribution is -2.02. The predicted molar refractivity (Wildman–Crippen MR) is 83.3 cm³/mol. The summed E-state index contributed by atoms with van der Waals surface area (Å²) in [7, 11) is 0. The third-order valence-corrected chi connectivity index (χ3v) is 3.72. The van der Waals surface area contributed by atoms with Crippen molar-refractivity contribution in [3.63, 3.8) is 0 Å². The van der Waals surface area contributed by atoms with Gasteiger partial charge in [0.15, 0.2) is 0 Å². The van der Waals surface area contributed by atoms with Gasteiger partial charge in [-0.05, 0) is 24.6 Å². The summed E-state index contributed by atoms with van der Waals surface area (Å²) in [6.07, 6.45) is 0. The third kappa shape index (κ3) is 3.67. The Labute approximate surface area is 126 Å². The van der Waals surface area contributed by atoms with Crippen molar-refractivity contribution in [2.24, 2.45) is 0 Å². The first kappa shape index (κ1) is 14.3. The maximum atomic E-state index is 6.02. The van der Waals surface area contributed by atoms with Gasteiger partial charge in [0.25, 0.3) is 0 Å². The largest absolute Gasteiger partial charge is 0.340 e. The molecule has 0 bridgehead atoms. The number of nitrogens with one attached hydrogen (secondary N) is 1. The van der Waals surface area contributed by atoms with Gasteiger partial charge in [-0.15, -0.1) is 0 Å². The van der Waals surface area contributed by atoms with Crippen LogP contribution in [0.3, 0.4) is 0 Å². The van der Waals surface area contributed by atoms with Gasteiger partial charge in [0.2, 0.25) is 0 Å². The molecule has 0 aliphatic carbocycles. The molecule has 0 fully saturated rings. The van der Waals surface area contributed by atoms with Crippen LogP contribution in [0.25, 0.3) is 0 Å². The van der Waals surface area contributed by atoms with Crippen molar-refractivity contribution >= 4 is 39.0 Å². The molecular weight excluding hydrogens is 326 g/mol. The lowest BCUT2D eigenvalue weighted by molar-refractivity contribution is 0.776. The van der Waals surface area contributed by atoms with E-state index in [-0.39, 0.29) is 5.92 Å². The monoisotopic (exact) mass is 339 g/mol. The van der Waals surface area contributed by atoms with Gasteiger partial charge in [0.1, 0.15) is 16.8 Å². The molecule has 1 N–H and O–H groups in total. The summed E-state index contributed by atoms with van der Waals surface area (Å²) in [4.78, 5) is 8.67. The van der Waals surface area contributed by atoms with E-state index in [4.69, 9.17) is 11.6 Å². The summed E-state index contributed by atoms with van der Waals surface area (Å²) < 4.78 is 1.06. The summed E-state index contributed by atoms with van der Waals surface area (Å²) in [5.74, 6) is 1.68. The minimum absolute atomic E-state index is 0.240. The molecule has 0 aliphatic rings. The second kappa shape index (κ2) is 5.88. The average Bonchev–Trinajstić information content (AvgIpc) is 2.33. The van der Waals surface area contributed by atoms with Crippen LogP contribution < -0.4 is 5.32 Å². The van der Waals surface area contributed by atoms with Crippen molar-refractivity contribution in [2.45, 2.75) is 26.7 Å². The van der Waals surface area contributed by atoms with Crippen molar-refractivity contribution in [2.75, 3.05) is 5.32 Å². The minimum atomic E-state index is 0.240. The van der Waals surface area contributed by atoms with Crippen LogP contribution in [0.4, 0.5) is 11.5 Å². The zero-order chi connectivity index (χ0) is 14.0. The van der Waals surface area contributed by atoms with E-state index in [0.717, 1.165) is 16.0 Å². The van der Waals surface area contributed by atoms with Gasteiger partial charge in [-0.2, -0.15) is 0 Å². The molecule has 100 valence electrons. The summed E-state index contributed by atoms with van der Waals surface area (Å²) in [5, 5.41) is 3.69. The number of hydrogen-bond acceptors (Lipinski definition) is 3. The highest BCUT2D eigenvalue weighted by Crippen LogP contribution is 2.24. The Kier molecular flexibility index (Phi) is 4.42. The molecule has 1 heterocycles. The average molecular weight is 341 g/mol. The Morgan fingerprint density at radius 2 is 1.95 bits per heavy atom. The summed E-state index contributed by atoms with van der Waals surface area (Å²) >= 11 is 9.53. The maximum absolute atomic E-state index is 6.02. The quantitative estimate of drug-likeness (QED) is 0.793. The van der Waals surface area contributed by atoms with Gasteiger partial charge < -0.3 is 5.32 Å². The van der Waals surface area contributed by atoms with E-state index >= 15 is 0 Å². The second-order valence-corrected chi connectivity index (χ2v) is 5.92. The number of nitrogens with zero attached hydrogens (tertiary/aromatic N) is 2. The minimum Gasteiger partial charge on any atom is -0.340 e. The van der Waals surface area contributed by atoms with Crippen molar-refractivity contribution in [1.29, 1.82) is 0 Å². The fourth-order valence-electron chi connectivity index (χ4n) is 1.58. The molecule has 0 saturated heterocycles. The van der Waals surface area contributed by atoms with Gasteiger partial charge in [-0.1, -0.05) is 47.4 Å². The van der Waals surface area contributed by atoms with E-state index in [1.54, 1.807) is 6.07 Å². The summed E-state index contributed by atoms with van der Waals surface area (Å²) in [5.41, 5.74) is 2.15. The maximum Gasteiger partial charge on any atom is 0.135 e. The number of rotatable bonds is 3. The summed E-state index contributed by atoms with van der Waals surface area (Å²) in [6, 6.07) is 7.78. The topological polar surface area (TPSA) is 37.8 Å². The molecule has 19 heavy (non-hydrogen) atoms. The number of aryl methyl sites for hydroxylation is 1. The van der Waals surface area contributed by atoms with Gasteiger partial charge in [-0.3, -0.25) is 0 Å². The van der Waals surface area contributed by atoms with Gasteiger partial charge in [0.05, 0.1) is 0 Å². The highest BCUT2D eigenvalue weighted by Gasteiger charge is 2.07. The van der Waals surface area contributed by atoms with Crippen molar-refractivity contribution in [3.8, 4) is 0 Å². The molecule has 0 unspecified atom stereocenters. The normalized spacial score (nSPS) is 10.8. The van der Waals surface area contributed by atoms with Crippen LogP contribution in [0.1, 0.15) is 31.2 Å². The fraction of sp³-hybridized carbons (Fsp3) is 0.286. The number of benzene rings is 1. The third-order valence-electron chi connectivity index (χ3n) is 2.67. The molecule has 2 rings (SSSR count). The van der Waals surface area contributed by atoms with Crippen LogP contribution in [0.15, 0.2) is 28.7 Å². The fourth-order valence-corrected chi connectivity index (χ4v) is 2.14. The van der Waals surface area contributed by atoms with E-state index in [1.165, 1.54) is 5.56 Å². The molecule has 0 amide bonds. The van der Waals surface area contributed by atoms with Crippen LogP contribution in [0.5, 0.6) is 0 Å². The first-order valence-electron chi connectivity index (χ1n) is 6.03. The lowest BCUT2D eigenvalue weighted by Gasteiger charge is -2.10. The zero-order valence-electron chi connectivity index (χ0n) is 11.0. The van der Waals surface area contributed by atoms with Crippen molar-refractivity contribution < 1.29 is 0 Å². The Morgan fingerprint density at radius 1 is 1.21 bits per heavy atom. The Morgan fingerprint density at radius 3 is 2.58 bits per heavy atom. The highest BCUT2D eigenvalue weighted by molar-refractivity contribution is 9.10. The molecular formula is C14H15BrClN3. The van der Waals surface area contributed by atoms with Crippen LogP contribution in [0, 0.1) is 6.92 Å². The van der Waals surface area contributed by atoms with Crippen LogP contribution >= 0.6 is 27.5 Å². The molecule has 3 nitrogen and oxygen atoms in total. The zero-order valence-corrected chi connectivity index (χ0v) is 13.4. The van der Waals surface area contributed by atoms with Gasteiger partial charge >= 0.3 is 0 Å². The van der Waals surface area contributed by atoms with Crippen LogP contribution in [0.2, 0.25) is 5.15 Å². The van der Waals surface area contributed by atoms with E-state index in [1.807, 2.05) is 39.0 Å².